The molecule has 116 valence electrons. The quantitative estimate of drug-likeness (QED) is 0.884. The van der Waals surface area contributed by atoms with Crippen molar-refractivity contribution < 1.29 is 4.39 Å². The van der Waals surface area contributed by atoms with Crippen molar-refractivity contribution in [3.05, 3.63) is 34.6 Å². The van der Waals surface area contributed by atoms with Crippen LogP contribution in [0.15, 0.2) is 18.2 Å². The summed E-state index contributed by atoms with van der Waals surface area (Å²) < 4.78 is 13.2. The van der Waals surface area contributed by atoms with E-state index in [1.165, 1.54) is 37.8 Å². The predicted octanol–water partition coefficient (Wildman–Crippen LogP) is 4.00. The molecule has 1 N–H and O–H groups in total. The molecule has 1 aromatic rings. The molecule has 0 bridgehead atoms. The fourth-order valence-corrected chi connectivity index (χ4v) is 3.75. The molecule has 0 aromatic heterocycles. The molecule has 1 aliphatic carbocycles. The molecule has 1 saturated carbocycles. The molecular formula is C17H24ClFN2. The van der Waals surface area contributed by atoms with E-state index >= 15 is 0 Å². The van der Waals surface area contributed by atoms with E-state index in [2.05, 4.69) is 17.1 Å². The van der Waals surface area contributed by atoms with Crippen molar-refractivity contribution in [2.75, 3.05) is 19.6 Å². The van der Waals surface area contributed by atoms with Gasteiger partial charge in [0.1, 0.15) is 5.82 Å². The summed E-state index contributed by atoms with van der Waals surface area (Å²) in [7, 11) is 0. The van der Waals surface area contributed by atoms with Crippen molar-refractivity contribution in [2.24, 2.45) is 5.92 Å². The summed E-state index contributed by atoms with van der Waals surface area (Å²) in [6, 6.07) is 5.73. The van der Waals surface area contributed by atoms with Crippen LogP contribution >= 0.6 is 11.6 Å². The highest BCUT2D eigenvalue weighted by atomic mass is 35.5. The van der Waals surface area contributed by atoms with Crippen LogP contribution in [0.3, 0.4) is 0 Å². The Labute approximate surface area is 131 Å². The summed E-state index contributed by atoms with van der Waals surface area (Å²) in [4.78, 5) is 2.58. The average Bonchev–Trinajstić information content (AvgIpc) is 3.30. The zero-order valence-corrected chi connectivity index (χ0v) is 13.4. The highest BCUT2D eigenvalue weighted by Crippen LogP contribution is 2.37. The first-order valence-corrected chi connectivity index (χ1v) is 8.44. The van der Waals surface area contributed by atoms with Gasteiger partial charge in [-0.15, -0.1) is 0 Å². The Morgan fingerprint density at radius 2 is 2.19 bits per heavy atom. The van der Waals surface area contributed by atoms with E-state index in [9.17, 15) is 4.39 Å². The molecule has 1 aromatic carbocycles. The molecule has 3 rings (SSSR count). The van der Waals surface area contributed by atoms with E-state index in [1.54, 1.807) is 0 Å². The van der Waals surface area contributed by atoms with Crippen LogP contribution in [-0.4, -0.2) is 30.6 Å². The van der Waals surface area contributed by atoms with E-state index in [-0.39, 0.29) is 11.9 Å². The van der Waals surface area contributed by atoms with Gasteiger partial charge in [-0.25, -0.2) is 4.39 Å². The second-order valence-electron chi connectivity index (χ2n) is 6.48. The van der Waals surface area contributed by atoms with Gasteiger partial charge in [0, 0.05) is 23.7 Å². The lowest BCUT2D eigenvalue weighted by atomic mass is 9.97. The van der Waals surface area contributed by atoms with Gasteiger partial charge in [0.05, 0.1) is 0 Å². The van der Waals surface area contributed by atoms with Crippen LogP contribution < -0.4 is 5.32 Å². The topological polar surface area (TPSA) is 15.3 Å². The largest absolute Gasteiger partial charge is 0.316 e. The smallest absolute Gasteiger partial charge is 0.124 e. The van der Waals surface area contributed by atoms with Crippen LogP contribution in [-0.2, 0) is 0 Å². The molecular weight excluding hydrogens is 287 g/mol. The SMILES string of the molecule is CC(c1ccc(F)cc1Cl)N(CC1CCCNC1)C1CC1. The third-order valence-corrected chi connectivity index (χ3v) is 5.12. The highest BCUT2D eigenvalue weighted by molar-refractivity contribution is 6.31. The average molecular weight is 311 g/mol. The summed E-state index contributed by atoms with van der Waals surface area (Å²) in [6.07, 6.45) is 5.14. The van der Waals surface area contributed by atoms with Crippen molar-refractivity contribution in [3.63, 3.8) is 0 Å². The van der Waals surface area contributed by atoms with E-state index in [0.717, 1.165) is 31.1 Å². The monoisotopic (exact) mass is 310 g/mol. The van der Waals surface area contributed by atoms with Gasteiger partial charge in [-0.1, -0.05) is 17.7 Å². The third kappa shape index (κ3) is 3.77. The number of hydrogen-bond acceptors (Lipinski definition) is 2. The number of hydrogen-bond donors (Lipinski definition) is 1. The van der Waals surface area contributed by atoms with E-state index in [1.807, 2.05) is 6.07 Å². The molecule has 1 heterocycles. The maximum absolute atomic E-state index is 13.2. The lowest BCUT2D eigenvalue weighted by Crippen LogP contribution is -2.40. The molecule has 4 heteroatoms. The zero-order chi connectivity index (χ0) is 14.8. The Bertz CT molecular complexity index is 484. The Morgan fingerprint density at radius 3 is 2.81 bits per heavy atom. The van der Waals surface area contributed by atoms with E-state index in [4.69, 9.17) is 11.6 Å². The van der Waals surface area contributed by atoms with Crippen LogP contribution in [0.4, 0.5) is 4.39 Å². The Balaban J connectivity index is 1.73. The maximum atomic E-state index is 13.2. The van der Waals surface area contributed by atoms with Crippen LogP contribution in [0.25, 0.3) is 0 Å². The standard InChI is InChI=1S/C17H24ClFN2/c1-12(16-7-4-14(19)9-17(16)18)21(15-5-6-15)11-13-3-2-8-20-10-13/h4,7,9,12-13,15,20H,2-3,5-6,8,10-11H2,1H3. The molecule has 0 radical (unpaired) electrons. The maximum Gasteiger partial charge on any atom is 0.124 e. The Morgan fingerprint density at radius 1 is 1.38 bits per heavy atom. The van der Waals surface area contributed by atoms with Crippen LogP contribution in [0.5, 0.6) is 0 Å². The van der Waals surface area contributed by atoms with Crippen LogP contribution in [0.2, 0.25) is 5.02 Å². The van der Waals surface area contributed by atoms with Crippen molar-refractivity contribution in [3.8, 4) is 0 Å². The van der Waals surface area contributed by atoms with Crippen molar-refractivity contribution >= 4 is 11.6 Å². The first-order valence-electron chi connectivity index (χ1n) is 8.06. The van der Waals surface area contributed by atoms with Crippen molar-refractivity contribution in [1.82, 2.24) is 10.2 Å². The molecule has 1 saturated heterocycles. The number of nitrogens with one attached hydrogen (secondary N) is 1. The number of halogens is 2. The summed E-state index contributed by atoms with van der Waals surface area (Å²) in [5.41, 5.74) is 1.05. The van der Waals surface area contributed by atoms with Gasteiger partial charge in [-0.3, -0.25) is 4.90 Å². The Kier molecular flexibility index (Phi) is 4.82. The summed E-state index contributed by atoms with van der Waals surface area (Å²) >= 11 is 6.26. The fraction of sp³-hybridized carbons (Fsp3) is 0.647. The highest BCUT2D eigenvalue weighted by Gasteiger charge is 2.34. The molecule has 2 unspecified atom stereocenters. The van der Waals surface area contributed by atoms with Gasteiger partial charge in [0.15, 0.2) is 0 Å². The molecule has 0 spiro atoms. The van der Waals surface area contributed by atoms with Gasteiger partial charge in [-0.05, 0) is 69.3 Å². The molecule has 2 atom stereocenters. The zero-order valence-electron chi connectivity index (χ0n) is 12.6. The number of piperidine rings is 1. The fourth-order valence-electron chi connectivity index (χ4n) is 3.43. The number of nitrogens with zero attached hydrogens (tertiary/aromatic N) is 1. The third-order valence-electron chi connectivity index (χ3n) is 4.79. The summed E-state index contributed by atoms with van der Waals surface area (Å²) in [6.45, 7) is 5.59. The van der Waals surface area contributed by atoms with E-state index in [0.29, 0.717) is 11.1 Å². The Hall–Kier alpha value is -0.640. The number of benzene rings is 1. The van der Waals surface area contributed by atoms with E-state index < -0.39 is 0 Å². The van der Waals surface area contributed by atoms with Crippen molar-refractivity contribution in [1.29, 1.82) is 0 Å². The minimum atomic E-state index is -0.259. The van der Waals surface area contributed by atoms with Gasteiger partial charge in [0.25, 0.3) is 0 Å². The van der Waals surface area contributed by atoms with Gasteiger partial charge >= 0.3 is 0 Å². The molecule has 0 amide bonds. The van der Waals surface area contributed by atoms with Crippen LogP contribution in [0.1, 0.15) is 44.2 Å². The first kappa shape index (κ1) is 15.3. The second-order valence-corrected chi connectivity index (χ2v) is 6.89. The van der Waals surface area contributed by atoms with Gasteiger partial charge < -0.3 is 5.32 Å². The van der Waals surface area contributed by atoms with Crippen LogP contribution in [0, 0.1) is 11.7 Å². The minimum absolute atomic E-state index is 0.257. The second kappa shape index (κ2) is 6.64. The normalized spacial score (nSPS) is 24.3. The van der Waals surface area contributed by atoms with Gasteiger partial charge in [0.2, 0.25) is 0 Å². The van der Waals surface area contributed by atoms with Gasteiger partial charge in [-0.2, -0.15) is 0 Å². The first-order chi connectivity index (χ1) is 10.1. The lowest BCUT2D eigenvalue weighted by Gasteiger charge is -2.35. The predicted molar refractivity (Wildman–Crippen MR) is 85.1 cm³/mol. The molecule has 2 fully saturated rings. The lowest BCUT2D eigenvalue weighted by molar-refractivity contribution is 0.154. The number of rotatable bonds is 5. The summed E-state index contributed by atoms with van der Waals surface area (Å²) in [5, 5.41) is 4.05. The molecule has 2 aliphatic rings. The minimum Gasteiger partial charge on any atom is -0.316 e. The summed E-state index contributed by atoms with van der Waals surface area (Å²) in [5.74, 6) is 0.464. The van der Waals surface area contributed by atoms with Crippen molar-refractivity contribution in [2.45, 2.75) is 44.7 Å². The molecule has 21 heavy (non-hydrogen) atoms. The molecule has 2 nitrogen and oxygen atoms in total. The molecule has 1 aliphatic heterocycles.